The van der Waals surface area contributed by atoms with Crippen LogP contribution in [0, 0.1) is 6.92 Å². The number of aryl methyl sites for hydroxylation is 1. The summed E-state index contributed by atoms with van der Waals surface area (Å²) in [6, 6.07) is 8.01. The van der Waals surface area contributed by atoms with Crippen molar-refractivity contribution in [3.63, 3.8) is 0 Å². The molecule has 1 fully saturated rings. The lowest BCUT2D eigenvalue weighted by Gasteiger charge is -2.19. The van der Waals surface area contributed by atoms with Gasteiger partial charge in [0.05, 0.1) is 14.2 Å². The molecule has 1 N–H and O–H groups in total. The predicted octanol–water partition coefficient (Wildman–Crippen LogP) is 2.90. The Morgan fingerprint density at radius 3 is 2.83 bits per heavy atom. The van der Waals surface area contributed by atoms with Crippen molar-refractivity contribution in [2.75, 3.05) is 27.3 Å². The van der Waals surface area contributed by atoms with Gasteiger partial charge in [-0.1, -0.05) is 19.1 Å². The predicted molar refractivity (Wildman–Crippen MR) is 112 cm³/mol. The molecule has 1 saturated heterocycles. The number of H-pyrrole nitrogens is 1. The van der Waals surface area contributed by atoms with Crippen molar-refractivity contribution in [1.29, 1.82) is 0 Å². The van der Waals surface area contributed by atoms with E-state index in [1.807, 2.05) is 32.0 Å². The molecule has 29 heavy (non-hydrogen) atoms. The maximum absolute atomic E-state index is 12.7. The second-order valence-corrected chi connectivity index (χ2v) is 7.61. The van der Waals surface area contributed by atoms with Crippen LogP contribution < -0.4 is 15.0 Å². The minimum atomic E-state index is 0.0113. The fraction of sp³-hybridized carbons (Fsp3) is 0.455. The number of likely N-dealkylation sites (tertiary alicyclic amines) is 1. The summed E-state index contributed by atoms with van der Waals surface area (Å²) in [6.45, 7) is 6.60. The summed E-state index contributed by atoms with van der Waals surface area (Å²) in [4.78, 5) is 19.7. The number of rotatable bonds is 6. The van der Waals surface area contributed by atoms with Crippen LogP contribution in [0.25, 0.3) is 5.65 Å². The van der Waals surface area contributed by atoms with E-state index in [2.05, 4.69) is 21.0 Å². The zero-order chi connectivity index (χ0) is 20.5. The summed E-state index contributed by atoms with van der Waals surface area (Å²) in [5, 5.41) is 3.30. The SMILES string of the molecule is CCc1c(C)nc2cc([C@@H]3CCN(Cc4cccc(OC)c4OC)C3)[nH]n2c1=O. The number of para-hydroxylation sites is 1. The Hall–Kier alpha value is -2.80. The number of aromatic amines is 1. The van der Waals surface area contributed by atoms with Crippen LogP contribution in [-0.4, -0.2) is 46.8 Å². The number of nitrogens with zero attached hydrogens (tertiary/aromatic N) is 3. The minimum absolute atomic E-state index is 0.0113. The molecule has 0 amide bonds. The van der Waals surface area contributed by atoms with Crippen molar-refractivity contribution in [3.8, 4) is 11.5 Å². The summed E-state index contributed by atoms with van der Waals surface area (Å²) in [7, 11) is 3.33. The van der Waals surface area contributed by atoms with E-state index in [1.54, 1.807) is 18.7 Å². The average Bonchev–Trinajstić information content (AvgIpc) is 3.35. The highest BCUT2D eigenvalue weighted by Crippen LogP contribution is 2.34. The van der Waals surface area contributed by atoms with E-state index < -0.39 is 0 Å². The first-order valence-corrected chi connectivity index (χ1v) is 10.1. The first-order chi connectivity index (χ1) is 14.0. The Kier molecular flexibility index (Phi) is 5.32. The second kappa shape index (κ2) is 7.91. The topological polar surface area (TPSA) is 71.9 Å². The molecule has 7 nitrogen and oxygen atoms in total. The fourth-order valence-electron chi connectivity index (χ4n) is 4.35. The molecule has 0 bridgehead atoms. The maximum Gasteiger partial charge on any atom is 0.276 e. The van der Waals surface area contributed by atoms with E-state index in [0.717, 1.165) is 60.1 Å². The van der Waals surface area contributed by atoms with Gasteiger partial charge in [-0.05, 0) is 32.4 Å². The number of methoxy groups -OCH3 is 2. The molecule has 4 rings (SSSR count). The lowest BCUT2D eigenvalue weighted by atomic mass is 10.1. The smallest absolute Gasteiger partial charge is 0.276 e. The summed E-state index contributed by atoms with van der Waals surface area (Å²) >= 11 is 0. The summed E-state index contributed by atoms with van der Waals surface area (Å²) in [6.07, 6.45) is 1.72. The largest absolute Gasteiger partial charge is 0.493 e. The van der Waals surface area contributed by atoms with E-state index in [4.69, 9.17) is 9.47 Å². The van der Waals surface area contributed by atoms with E-state index in [9.17, 15) is 4.79 Å². The number of benzene rings is 1. The molecule has 7 heteroatoms. The van der Waals surface area contributed by atoms with Gasteiger partial charge in [0.15, 0.2) is 17.1 Å². The van der Waals surface area contributed by atoms with Gasteiger partial charge < -0.3 is 9.47 Å². The third-order valence-corrected chi connectivity index (χ3v) is 5.88. The molecule has 1 aromatic carbocycles. The van der Waals surface area contributed by atoms with E-state index >= 15 is 0 Å². The standard InChI is InChI=1S/C22H28N4O3/c1-5-17-14(2)23-20-11-18(24-26(20)22(17)27)15-9-10-25(12-15)13-16-7-6-8-19(28-3)21(16)29-4/h6-8,11,15,24H,5,9-10,12-13H2,1-4H3/t15-/m1/s1. The van der Waals surface area contributed by atoms with Crippen molar-refractivity contribution < 1.29 is 9.47 Å². The highest BCUT2D eigenvalue weighted by atomic mass is 16.5. The molecule has 0 spiro atoms. The molecule has 3 heterocycles. The Labute approximate surface area is 170 Å². The first kappa shape index (κ1) is 19.5. The molecule has 1 aliphatic rings. The summed E-state index contributed by atoms with van der Waals surface area (Å²) in [5.41, 5.74) is 4.49. The van der Waals surface area contributed by atoms with Crippen LogP contribution in [-0.2, 0) is 13.0 Å². The van der Waals surface area contributed by atoms with Crippen LogP contribution in [0.15, 0.2) is 29.1 Å². The number of hydrogen-bond donors (Lipinski definition) is 1. The van der Waals surface area contributed by atoms with Gasteiger partial charge in [0, 0.05) is 47.6 Å². The minimum Gasteiger partial charge on any atom is -0.493 e. The first-order valence-electron chi connectivity index (χ1n) is 10.1. The zero-order valence-electron chi connectivity index (χ0n) is 17.5. The molecule has 0 radical (unpaired) electrons. The van der Waals surface area contributed by atoms with Crippen molar-refractivity contribution in [1.82, 2.24) is 19.5 Å². The van der Waals surface area contributed by atoms with Crippen LogP contribution in [0.1, 0.15) is 41.8 Å². The monoisotopic (exact) mass is 396 g/mol. The van der Waals surface area contributed by atoms with Gasteiger partial charge in [0.1, 0.15) is 0 Å². The highest BCUT2D eigenvalue weighted by molar-refractivity contribution is 5.47. The van der Waals surface area contributed by atoms with Gasteiger partial charge >= 0.3 is 0 Å². The van der Waals surface area contributed by atoms with Crippen LogP contribution in [0.5, 0.6) is 11.5 Å². The molecular formula is C22H28N4O3. The average molecular weight is 396 g/mol. The Morgan fingerprint density at radius 1 is 1.28 bits per heavy atom. The van der Waals surface area contributed by atoms with Gasteiger partial charge in [0.2, 0.25) is 0 Å². The van der Waals surface area contributed by atoms with Crippen molar-refractivity contribution in [3.05, 3.63) is 57.1 Å². The molecular weight excluding hydrogens is 368 g/mol. The summed E-state index contributed by atoms with van der Waals surface area (Å²) in [5.74, 6) is 1.89. The lowest BCUT2D eigenvalue weighted by Crippen LogP contribution is -2.22. The molecule has 2 aromatic heterocycles. The van der Waals surface area contributed by atoms with Gasteiger partial charge in [-0.2, -0.15) is 0 Å². The van der Waals surface area contributed by atoms with Gasteiger partial charge in [-0.3, -0.25) is 14.8 Å². The second-order valence-electron chi connectivity index (χ2n) is 7.61. The molecule has 0 unspecified atom stereocenters. The number of fused-ring (bicyclic) bond motifs is 1. The van der Waals surface area contributed by atoms with Crippen molar-refractivity contribution in [2.45, 2.75) is 39.2 Å². The number of aromatic nitrogens is 3. The molecule has 1 aliphatic heterocycles. The number of hydrogen-bond acceptors (Lipinski definition) is 5. The number of ether oxygens (including phenoxy) is 2. The Balaban J connectivity index is 1.55. The third-order valence-electron chi connectivity index (χ3n) is 5.88. The lowest BCUT2D eigenvalue weighted by molar-refractivity contribution is 0.308. The third kappa shape index (κ3) is 3.51. The van der Waals surface area contributed by atoms with Crippen LogP contribution in [0.2, 0.25) is 0 Å². The molecule has 1 atom stereocenters. The maximum atomic E-state index is 12.7. The van der Waals surface area contributed by atoms with Gasteiger partial charge in [-0.15, -0.1) is 0 Å². The zero-order valence-corrected chi connectivity index (χ0v) is 17.5. The molecule has 154 valence electrons. The van der Waals surface area contributed by atoms with Gasteiger partial charge in [0.25, 0.3) is 5.56 Å². The summed E-state index contributed by atoms with van der Waals surface area (Å²) < 4.78 is 12.6. The van der Waals surface area contributed by atoms with Crippen LogP contribution >= 0.6 is 0 Å². The van der Waals surface area contributed by atoms with Crippen molar-refractivity contribution in [2.24, 2.45) is 0 Å². The Morgan fingerprint density at radius 2 is 2.10 bits per heavy atom. The Bertz CT molecular complexity index is 1090. The fourth-order valence-corrected chi connectivity index (χ4v) is 4.35. The molecule has 0 aliphatic carbocycles. The van der Waals surface area contributed by atoms with Crippen LogP contribution in [0.4, 0.5) is 0 Å². The highest BCUT2D eigenvalue weighted by Gasteiger charge is 2.27. The van der Waals surface area contributed by atoms with E-state index in [1.165, 1.54) is 0 Å². The molecule has 3 aromatic rings. The van der Waals surface area contributed by atoms with Crippen LogP contribution in [0.3, 0.4) is 0 Å². The molecule has 0 saturated carbocycles. The normalized spacial score (nSPS) is 17.2. The van der Waals surface area contributed by atoms with Gasteiger partial charge in [-0.25, -0.2) is 9.50 Å². The number of nitrogens with one attached hydrogen (secondary N) is 1. The quantitative estimate of drug-likeness (QED) is 0.694. The van der Waals surface area contributed by atoms with E-state index in [0.29, 0.717) is 18.0 Å². The van der Waals surface area contributed by atoms with E-state index in [-0.39, 0.29) is 5.56 Å². The van der Waals surface area contributed by atoms with Crippen molar-refractivity contribution >= 4 is 5.65 Å².